The first-order valence-electron chi connectivity index (χ1n) is 10.1. The minimum atomic E-state index is -1.07. The Hall–Kier alpha value is -3.21. The van der Waals surface area contributed by atoms with E-state index in [-0.39, 0.29) is 5.91 Å². The van der Waals surface area contributed by atoms with Crippen LogP contribution >= 0.6 is 11.6 Å². The molecule has 1 aliphatic heterocycles. The number of aliphatic hydroxyl groups is 1. The predicted octanol–water partition coefficient (Wildman–Crippen LogP) is 4.99. The monoisotopic (exact) mass is 430 g/mol. The molecule has 2 atom stereocenters. The molecule has 1 amide bonds. The van der Waals surface area contributed by atoms with Gasteiger partial charge in [0.1, 0.15) is 6.10 Å². The third-order valence-corrected chi connectivity index (χ3v) is 5.67. The van der Waals surface area contributed by atoms with Crippen LogP contribution in [-0.4, -0.2) is 35.9 Å². The molecule has 0 aliphatic carbocycles. The first kappa shape index (κ1) is 21.0. The van der Waals surface area contributed by atoms with Crippen LogP contribution in [0.3, 0.4) is 0 Å². The normalized spacial score (nSPS) is 17.6. The Labute approximate surface area is 187 Å². The van der Waals surface area contributed by atoms with Crippen LogP contribution < -0.4 is 4.90 Å². The molecule has 0 unspecified atom stereocenters. The van der Waals surface area contributed by atoms with Crippen molar-refractivity contribution in [3.05, 3.63) is 106 Å². The number of anilines is 1. The number of carbonyl (C=O) groups is 1. The summed E-state index contributed by atoms with van der Waals surface area (Å²) < 4.78 is 0. The molecule has 3 aromatic carbocycles. The zero-order valence-electron chi connectivity index (χ0n) is 17.4. The Kier molecular flexibility index (Phi) is 6.03. The van der Waals surface area contributed by atoms with Gasteiger partial charge >= 0.3 is 0 Å². The molecule has 3 aromatic rings. The van der Waals surface area contributed by atoms with Crippen molar-refractivity contribution in [1.29, 1.82) is 0 Å². The lowest BCUT2D eigenvalue weighted by Gasteiger charge is -2.24. The van der Waals surface area contributed by atoms with E-state index in [1.807, 2.05) is 85.8 Å². The third kappa shape index (κ3) is 4.31. The Morgan fingerprint density at radius 3 is 2.39 bits per heavy atom. The highest BCUT2D eigenvalue weighted by atomic mass is 35.5. The Bertz CT molecular complexity index is 1160. The molecule has 156 valence electrons. The maximum atomic E-state index is 13.4. The third-order valence-electron chi connectivity index (χ3n) is 5.43. The van der Waals surface area contributed by atoms with E-state index in [1.165, 1.54) is 0 Å². The van der Waals surface area contributed by atoms with Crippen molar-refractivity contribution in [1.82, 2.24) is 0 Å². The first-order chi connectivity index (χ1) is 15.0. The van der Waals surface area contributed by atoms with Crippen molar-refractivity contribution in [2.45, 2.75) is 19.1 Å². The number of nitrogens with zero attached hydrogens (tertiary/aromatic N) is 2. The quantitative estimate of drug-likeness (QED) is 0.634. The van der Waals surface area contributed by atoms with Gasteiger partial charge in [-0.3, -0.25) is 9.79 Å². The Morgan fingerprint density at radius 2 is 1.71 bits per heavy atom. The molecule has 0 radical (unpaired) electrons. The molecular formula is C26H23ClN2O2. The topological polar surface area (TPSA) is 52.9 Å². The maximum absolute atomic E-state index is 13.4. The average Bonchev–Trinajstić information content (AvgIpc) is 2.89. The smallest absolute Gasteiger partial charge is 0.254 e. The van der Waals surface area contributed by atoms with E-state index in [0.717, 1.165) is 16.7 Å². The van der Waals surface area contributed by atoms with Crippen molar-refractivity contribution in [2.24, 2.45) is 4.99 Å². The first-order valence-corrected chi connectivity index (χ1v) is 10.5. The predicted molar refractivity (Wildman–Crippen MR) is 127 cm³/mol. The molecule has 0 saturated heterocycles. The lowest BCUT2D eigenvalue weighted by Crippen LogP contribution is -2.42. The van der Waals surface area contributed by atoms with Gasteiger partial charge in [0.2, 0.25) is 0 Å². The highest BCUT2D eigenvalue weighted by Gasteiger charge is 2.35. The van der Waals surface area contributed by atoms with E-state index in [4.69, 9.17) is 16.6 Å². The summed E-state index contributed by atoms with van der Waals surface area (Å²) in [4.78, 5) is 19.7. The van der Waals surface area contributed by atoms with E-state index in [9.17, 15) is 9.90 Å². The van der Waals surface area contributed by atoms with Crippen LogP contribution in [0.2, 0.25) is 5.02 Å². The molecule has 0 saturated carbocycles. The van der Waals surface area contributed by atoms with E-state index in [0.29, 0.717) is 22.0 Å². The summed E-state index contributed by atoms with van der Waals surface area (Å²) in [5.41, 5.74) is 4.57. The largest absolute Gasteiger partial charge is 0.386 e. The minimum absolute atomic E-state index is 0.275. The van der Waals surface area contributed by atoms with E-state index < -0.39 is 12.1 Å². The van der Waals surface area contributed by atoms with Crippen LogP contribution in [0.15, 0.2) is 89.4 Å². The van der Waals surface area contributed by atoms with Crippen molar-refractivity contribution in [3.8, 4) is 0 Å². The Morgan fingerprint density at radius 1 is 1.06 bits per heavy atom. The van der Waals surface area contributed by atoms with Gasteiger partial charge in [-0.1, -0.05) is 78.3 Å². The molecule has 4 rings (SSSR count). The molecule has 0 aromatic heterocycles. The summed E-state index contributed by atoms with van der Waals surface area (Å²) in [6.07, 6.45) is 0.809. The summed E-state index contributed by atoms with van der Waals surface area (Å²) in [6, 6.07) is 23.8. The highest BCUT2D eigenvalue weighted by Crippen LogP contribution is 2.31. The van der Waals surface area contributed by atoms with Gasteiger partial charge in [0, 0.05) is 23.2 Å². The van der Waals surface area contributed by atoms with Crippen molar-refractivity contribution in [3.63, 3.8) is 0 Å². The number of amides is 1. The zero-order valence-corrected chi connectivity index (χ0v) is 18.1. The van der Waals surface area contributed by atoms with Gasteiger partial charge in [-0.25, -0.2) is 0 Å². The number of benzene rings is 3. The zero-order chi connectivity index (χ0) is 22.0. The minimum Gasteiger partial charge on any atom is -0.386 e. The van der Waals surface area contributed by atoms with Crippen molar-refractivity contribution >= 4 is 35.0 Å². The number of hydrogen-bond acceptors (Lipinski definition) is 3. The number of aliphatic hydroxyl groups excluding tert-OH is 1. The summed E-state index contributed by atoms with van der Waals surface area (Å²) in [7, 11) is 1.70. The second-order valence-corrected chi connectivity index (χ2v) is 8.03. The molecule has 0 fully saturated rings. The number of fused-ring (bicyclic) bond motifs is 1. The van der Waals surface area contributed by atoms with E-state index in [1.54, 1.807) is 18.0 Å². The summed E-state index contributed by atoms with van der Waals surface area (Å²) in [6.45, 7) is 1.82. The van der Waals surface area contributed by atoms with Gasteiger partial charge in [0.05, 0.1) is 11.4 Å². The highest BCUT2D eigenvalue weighted by molar-refractivity contribution is 6.32. The molecule has 5 heteroatoms. The van der Waals surface area contributed by atoms with Crippen molar-refractivity contribution < 1.29 is 9.90 Å². The van der Waals surface area contributed by atoms with Gasteiger partial charge < -0.3 is 10.0 Å². The second kappa shape index (κ2) is 8.88. The van der Waals surface area contributed by atoms with E-state index in [2.05, 4.69) is 0 Å². The van der Waals surface area contributed by atoms with Gasteiger partial charge in [-0.05, 0) is 36.3 Å². The number of halogens is 1. The summed E-state index contributed by atoms with van der Waals surface area (Å²) in [5.74, 6) is -0.275. The summed E-state index contributed by atoms with van der Waals surface area (Å²) >= 11 is 6.29. The number of hydrogen-bond donors (Lipinski definition) is 1. The standard InChI is InChI=1S/C26H23ClN2O2/c1-17(15-18-9-5-3-6-10-18)25(30)24-26(31)29(2)22-14-13-20(27)16-21(22)23(28-24)19-11-7-4-8-12-19/h3-16,24-25,30H,1-2H3/b17-15+/t24-,25-/m1/s1. The number of carbonyl (C=O) groups excluding carboxylic acids is 1. The SMILES string of the molecule is C/C(=C\c1ccccc1)[C@@H](O)[C@H]1N=C(c2ccccc2)c2cc(Cl)ccc2N(C)C1=O. The molecule has 1 heterocycles. The number of aliphatic imine (C=N–C) groups is 1. The van der Waals surface area contributed by atoms with Crippen LogP contribution in [0.4, 0.5) is 5.69 Å². The molecule has 1 N–H and O–H groups in total. The van der Waals surface area contributed by atoms with Gasteiger partial charge in [0.15, 0.2) is 6.04 Å². The van der Waals surface area contributed by atoms with Crippen LogP contribution in [0.1, 0.15) is 23.6 Å². The van der Waals surface area contributed by atoms with Crippen LogP contribution in [0.25, 0.3) is 6.08 Å². The number of benzodiazepines with no additional fused rings is 1. The fraction of sp³-hybridized carbons (Fsp3) is 0.154. The van der Waals surface area contributed by atoms with Crippen LogP contribution in [0, 0.1) is 0 Å². The van der Waals surface area contributed by atoms with Gasteiger partial charge in [-0.15, -0.1) is 0 Å². The molecule has 1 aliphatic rings. The van der Waals surface area contributed by atoms with Gasteiger partial charge in [0.25, 0.3) is 5.91 Å². The summed E-state index contributed by atoms with van der Waals surface area (Å²) in [5, 5.41) is 11.7. The van der Waals surface area contributed by atoms with E-state index >= 15 is 0 Å². The number of likely N-dealkylation sites (N-methyl/N-ethyl adjacent to an activating group) is 1. The van der Waals surface area contributed by atoms with Gasteiger partial charge in [-0.2, -0.15) is 0 Å². The second-order valence-electron chi connectivity index (χ2n) is 7.59. The lowest BCUT2D eigenvalue weighted by atomic mass is 9.99. The molecule has 0 bridgehead atoms. The fourth-order valence-electron chi connectivity index (χ4n) is 3.75. The van der Waals surface area contributed by atoms with Crippen LogP contribution in [0.5, 0.6) is 0 Å². The lowest BCUT2D eigenvalue weighted by molar-refractivity contribution is -0.121. The fourth-order valence-corrected chi connectivity index (χ4v) is 3.92. The molecular weight excluding hydrogens is 408 g/mol. The maximum Gasteiger partial charge on any atom is 0.254 e. The number of rotatable bonds is 4. The molecule has 4 nitrogen and oxygen atoms in total. The van der Waals surface area contributed by atoms with Crippen molar-refractivity contribution in [2.75, 3.05) is 11.9 Å². The Balaban J connectivity index is 1.84. The van der Waals surface area contributed by atoms with Crippen LogP contribution in [-0.2, 0) is 4.79 Å². The average molecular weight is 431 g/mol. The molecule has 31 heavy (non-hydrogen) atoms. The molecule has 0 spiro atoms.